The van der Waals surface area contributed by atoms with Gasteiger partial charge in [0.05, 0.1) is 11.4 Å². The van der Waals surface area contributed by atoms with Crippen molar-refractivity contribution in [1.82, 2.24) is 0 Å². The van der Waals surface area contributed by atoms with E-state index in [1.807, 2.05) is 0 Å². The Labute approximate surface area is 136 Å². The van der Waals surface area contributed by atoms with Crippen LogP contribution in [0.2, 0.25) is 5.02 Å². The highest BCUT2D eigenvalue weighted by atomic mass is 79.9. The summed E-state index contributed by atoms with van der Waals surface area (Å²) in [6.07, 6.45) is -0.675. The van der Waals surface area contributed by atoms with Crippen molar-refractivity contribution in [2.24, 2.45) is 0 Å². The number of carbonyl (C=O) groups is 1. The molecule has 0 saturated heterocycles. The van der Waals surface area contributed by atoms with Crippen LogP contribution in [0.5, 0.6) is 5.75 Å². The van der Waals surface area contributed by atoms with Crippen LogP contribution in [0.1, 0.15) is 6.92 Å². The fourth-order valence-corrected chi connectivity index (χ4v) is 2.24. The number of hydrogen-bond donors (Lipinski definition) is 2. The van der Waals surface area contributed by atoms with E-state index >= 15 is 0 Å². The molecule has 21 heavy (non-hydrogen) atoms. The van der Waals surface area contributed by atoms with Gasteiger partial charge in [0.2, 0.25) is 0 Å². The Balaban J connectivity index is 2.02. The van der Waals surface area contributed by atoms with Gasteiger partial charge in [-0.05, 0) is 43.3 Å². The Bertz CT molecular complexity index is 664. The van der Waals surface area contributed by atoms with Crippen LogP contribution in [0.15, 0.2) is 46.9 Å². The quantitative estimate of drug-likeness (QED) is 0.798. The third-order valence-corrected chi connectivity index (χ3v) is 3.48. The second-order valence-electron chi connectivity index (χ2n) is 4.44. The van der Waals surface area contributed by atoms with Crippen LogP contribution in [0.25, 0.3) is 0 Å². The molecule has 110 valence electrons. The van der Waals surface area contributed by atoms with E-state index < -0.39 is 6.10 Å². The molecule has 6 heteroatoms. The van der Waals surface area contributed by atoms with Gasteiger partial charge in [-0.15, -0.1) is 0 Å². The van der Waals surface area contributed by atoms with Gasteiger partial charge in [0.1, 0.15) is 5.75 Å². The summed E-state index contributed by atoms with van der Waals surface area (Å²) >= 11 is 9.18. The lowest BCUT2D eigenvalue weighted by molar-refractivity contribution is -0.122. The van der Waals surface area contributed by atoms with Gasteiger partial charge in [-0.2, -0.15) is 0 Å². The highest BCUT2D eigenvalue weighted by Gasteiger charge is 2.16. The number of hydrogen-bond acceptors (Lipinski definition) is 3. The maximum Gasteiger partial charge on any atom is 0.265 e. The van der Waals surface area contributed by atoms with E-state index in [1.54, 1.807) is 49.4 Å². The maximum absolute atomic E-state index is 12.1. The van der Waals surface area contributed by atoms with Crippen molar-refractivity contribution in [3.8, 4) is 5.75 Å². The number of ether oxygens (including phenoxy) is 1. The van der Waals surface area contributed by atoms with E-state index in [1.165, 1.54) is 0 Å². The van der Waals surface area contributed by atoms with E-state index in [4.69, 9.17) is 22.1 Å². The van der Waals surface area contributed by atoms with Crippen molar-refractivity contribution in [3.05, 3.63) is 52.0 Å². The highest BCUT2D eigenvalue weighted by molar-refractivity contribution is 9.10. The summed E-state index contributed by atoms with van der Waals surface area (Å²) in [5.41, 5.74) is 6.86. The molecule has 2 rings (SSSR count). The summed E-state index contributed by atoms with van der Waals surface area (Å²) in [6, 6.07) is 12.1. The minimum absolute atomic E-state index is 0.288. The van der Waals surface area contributed by atoms with Crippen molar-refractivity contribution in [3.63, 3.8) is 0 Å². The van der Waals surface area contributed by atoms with Gasteiger partial charge in [-0.1, -0.05) is 33.6 Å². The van der Waals surface area contributed by atoms with Gasteiger partial charge in [0, 0.05) is 9.50 Å². The van der Waals surface area contributed by atoms with Crippen LogP contribution >= 0.6 is 27.5 Å². The lowest BCUT2D eigenvalue weighted by Crippen LogP contribution is -2.30. The van der Waals surface area contributed by atoms with Gasteiger partial charge in [0.25, 0.3) is 5.91 Å². The zero-order chi connectivity index (χ0) is 15.4. The first-order chi connectivity index (χ1) is 9.95. The minimum atomic E-state index is -0.675. The first-order valence-electron chi connectivity index (χ1n) is 6.24. The molecule has 0 aliphatic heterocycles. The largest absolute Gasteiger partial charge is 0.481 e. The number of rotatable bonds is 4. The van der Waals surface area contributed by atoms with Crippen molar-refractivity contribution in [2.45, 2.75) is 13.0 Å². The molecule has 0 radical (unpaired) electrons. The summed E-state index contributed by atoms with van der Waals surface area (Å²) in [5, 5.41) is 3.28. The average Bonchev–Trinajstić information content (AvgIpc) is 2.41. The van der Waals surface area contributed by atoms with Gasteiger partial charge < -0.3 is 15.8 Å². The number of nitrogen functional groups attached to an aromatic ring is 1. The van der Waals surface area contributed by atoms with Crippen LogP contribution in [0.4, 0.5) is 11.4 Å². The number of halogens is 2. The molecule has 2 aromatic rings. The first kappa shape index (κ1) is 15.7. The zero-order valence-corrected chi connectivity index (χ0v) is 13.6. The molecule has 1 atom stereocenters. The molecule has 0 spiro atoms. The Hall–Kier alpha value is -1.72. The zero-order valence-electron chi connectivity index (χ0n) is 11.3. The van der Waals surface area contributed by atoms with E-state index in [0.29, 0.717) is 22.1 Å². The molecule has 0 saturated carbocycles. The minimum Gasteiger partial charge on any atom is -0.481 e. The summed E-state index contributed by atoms with van der Waals surface area (Å²) in [6.45, 7) is 1.66. The first-order valence-corrected chi connectivity index (χ1v) is 7.41. The molecule has 0 heterocycles. The Morgan fingerprint density at radius 1 is 1.33 bits per heavy atom. The molecule has 3 N–H and O–H groups in total. The SMILES string of the molecule is CC(Oc1cccc(Cl)c1)C(=O)Nc1ccc(Br)cc1N. The molecule has 2 aromatic carbocycles. The van der Waals surface area contributed by atoms with Crippen LogP contribution < -0.4 is 15.8 Å². The molecule has 0 aliphatic rings. The summed E-state index contributed by atoms with van der Waals surface area (Å²) < 4.78 is 6.39. The molecule has 1 amide bonds. The predicted molar refractivity (Wildman–Crippen MR) is 88.7 cm³/mol. The Morgan fingerprint density at radius 2 is 2.10 bits per heavy atom. The van der Waals surface area contributed by atoms with Gasteiger partial charge >= 0.3 is 0 Å². The third-order valence-electron chi connectivity index (χ3n) is 2.75. The van der Waals surface area contributed by atoms with E-state index in [0.717, 1.165) is 4.47 Å². The number of carbonyl (C=O) groups excluding carboxylic acids is 1. The van der Waals surface area contributed by atoms with Crippen molar-refractivity contribution < 1.29 is 9.53 Å². The number of nitrogens with two attached hydrogens (primary N) is 1. The molecule has 0 fully saturated rings. The fraction of sp³-hybridized carbons (Fsp3) is 0.133. The Morgan fingerprint density at radius 3 is 2.76 bits per heavy atom. The monoisotopic (exact) mass is 368 g/mol. The van der Waals surface area contributed by atoms with Crippen LogP contribution in [0, 0.1) is 0 Å². The number of nitrogens with one attached hydrogen (secondary N) is 1. The summed E-state index contributed by atoms with van der Waals surface area (Å²) in [4.78, 5) is 12.1. The van der Waals surface area contributed by atoms with Gasteiger partial charge in [-0.25, -0.2) is 0 Å². The number of anilines is 2. The number of benzene rings is 2. The molecule has 0 bridgehead atoms. The molecule has 0 aliphatic carbocycles. The van der Waals surface area contributed by atoms with Crippen molar-refractivity contribution in [1.29, 1.82) is 0 Å². The predicted octanol–water partition coefficient (Wildman–Crippen LogP) is 4.09. The standard InChI is InChI=1S/C15H14BrClN2O2/c1-9(21-12-4-2-3-11(17)8-12)15(20)19-14-6-5-10(16)7-13(14)18/h2-9H,18H2,1H3,(H,19,20). The normalized spacial score (nSPS) is 11.8. The van der Waals surface area contributed by atoms with E-state index in [9.17, 15) is 4.79 Å². The number of amides is 1. The maximum atomic E-state index is 12.1. The topological polar surface area (TPSA) is 64.3 Å². The van der Waals surface area contributed by atoms with Crippen LogP contribution in [-0.2, 0) is 4.79 Å². The molecule has 1 unspecified atom stereocenters. The molecular weight excluding hydrogens is 356 g/mol. The van der Waals surface area contributed by atoms with E-state index in [2.05, 4.69) is 21.2 Å². The third kappa shape index (κ3) is 4.37. The second-order valence-corrected chi connectivity index (χ2v) is 5.79. The molecule has 0 aromatic heterocycles. The summed E-state index contributed by atoms with van der Waals surface area (Å²) in [5.74, 6) is 0.248. The molecule has 4 nitrogen and oxygen atoms in total. The van der Waals surface area contributed by atoms with Gasteiger partial charge in [-0.3, -0.25) is 4.79 Å². The summed E-state index contributed by atoms with van der Waals surface area (Å²) in [7, 11) is 0. The van der Waals surface area contributed by atoms with Crippen LogP contribution in [-0.4, -0.2) is 12.0 Å². The smallest absolute Gasteiger partial charge is 0.265 e. The Kier molecular flexibility index (Phi) is 5.09. The highest BCUT2D eigenvalue weighted by Crippen LogP contribution is 2.24. The lowest BCUT2D eigenvalue weighted by atomic mass is 10.2. The van der Waals surface area contributed by atoms with Crippen molar-refractivity contribution >= 4 is 44.8 Å². The van der Waals surface area contributed by atoms with Crippen molar-refractivity contribution in [2.75, 3.05) is 11.1 Å². The second kappa shape index (κ2) is 6.83. The lowest BCUT2D eigenvalue weighted by Gasteiger charge is -2.15. The van der Waals surface area contributed by atoms with Gasteiger partial charge in [0.15, 0.2) is 6.10 Å². The fourth-order valence-electron chi connectivity index (χ4n) is 1.68. The van der Waals surface area contributed by atoms with Crippen LogP contribution in [0.3, 0.4) is 0 Å². The molecular formula is C15H14BrClN2O2. The van der Waals surface area contributed by atoms with E-state index in [-0.39, 0.29) is 5.91 Å². The average molecular weight is 370 g/mol.